The number of aryl methyl sites for hydroxylation is 2. The third-order valence-corrected chi connectivity index (χ3v) is 3.00. The molecule has 0 aliphatic heterocycles. The molecule has 4 nitrogen and oxygen atoms in total. The highest BCUT2D eigenvalue weighted by Crippen LogP contribution is 2.18. The number of carbonyl (C=O) groups excluding carboxylic acids is 1. The highest BCUT2D eigenvalue weighted by atomic mass is 32.1. The van der Waals surface area contributed by atoms with E-state index in [9.17, 15) is 4.79 Å². The lowest BCUT2D eigenvalue weighted by Crippen LogP contribution is -2.14. The molecule has 0 radical (unpaired) electrons. The van der Waals surface area contributed by atoms with Crippen LogP contribution in [0, 0.1) is 13.8 Å². The molecule has 0 fully saturated rings. The van der Waals surface area contributed by atoms with E-state index in [4.69, 9.17) is 22.4 Å². The van der Waals surface area contributed by atoms with Crippen molar-refractivity contribution < 1.29 is 9.21 Å². The molecule has 19 heavy (non-hydrogen) atoms. The molecule has 1 amide bonds. The summed E-state index contributed by atoms with van der Waals surface area (Å²) in [6, 6.07) is 7.14. The molecular formula is C14H14N2O2S. The molecule has 0 saturated heterocycles. The molecule has 1 aromatic heterocycles. The number of rotatable bonds is 3. The first-order valence-electron chi connectivity index (χ1n) is 5.74. The average Bonchev–Trinajstić information content (AvgIpc) is 2.78. The van der Waals surface area contributed by atoms with Gasteiger partial charge >= 0.3 is 0 Å². The average molecular weight is 274 g/mol. The summed E-state index contributed by atoms with van der Waals surface area (Å²) in [4.78, 5) is 12.3. The van der Waals surface area contributed by atoms with Crippen LogP contribution in [-0.2, 0) is 0 Å². The number of nitrogens with two attached hydrogens (primary N) is 1. The molecule has 1 heterocycles. The van der Waals surface area contributed by atoms with Gasteiger partial charge in [-0.25, -0.2) is 0 Å². The van der Waals surface area contributed by atoms with Gasteiger partial charge in [-0.2, -0.15) is 0 Å². The number of anilines is 1. The second-order valence-corrected chi connectivity index (χ2v) is 4.73. The molecule has 5 heteroatoms. The van der Waals surface area contributed by atoms with Crippen LogP contribution in [0.15, 0.2) is 34.9 Å². The summed E-state index contributed by atoms with van der Waals surface area (Å²) in [5, 5.41) is 2.82. The van der Waals surface area contributed by atoms with Crippen LogP contribution in [0.25, 0.3) is 0 Å². The molecule has 2 aromatic rings. The van der Waals surface area contributed by atoms with Gasteiger partial charge in [0.25, 0.3) is 5.91 Å². The zero-order valence-corrected chi connectivity index (χ0v) is 11.5. The highest BCUT2D eigenvalue weighted by molar-refractivity contribution is 7.80. The van der Waals surface area contributed by atoms with Crippen molar-refractivity contribution in [1.29, 1.82) is 0 Å². The van der Waals surface area contributed by atoms with Crippen LogP contribution < -0.4 is 11.1 Å². The third-order valence-electron chi connectivity index (χ3n) is 2.76. The molecule has 0 bridgehead atoms. The van der Waals surface area contributed by atoms with Crippen molar-refractivity contribution in [3.8, 4) is 0 Å². The zero-order valence-electron chi connectivity index (χ0n) is 10.7. The maximum absolute atomic E-state index is 12.0. The van der Waals surface area contributed by atoms with Crippen molar-refractivity contribution in [2.45, 2.75) is 13.8 Å². The molecule has 0 unspecified atom stereocenters. The van der Waals surface area contributed by atoms with E-state index >= 15 is 0 Å². The van der Waals surface area contributed by atoms with Crippen LogP contribution >= 0.6 is 12.2 Å². The van der Waals surface area contributed by atoms with Gasteiger partial charge in [-0.15, -0.1) is 0 Å². The summed E-state index contributed by atoms with van der Waals surface area (Å²) < 4.78 is 5.11. The maximum Gasteiger partial charge on any atom is 0.258 e. The Bertz CT molecular complexity index is 647. The van der Waals surface area contributed by atoms with Crippen LogP contribution in [0.5, 0.6) is 0 Å². The lowest BCUT2D eigenvalue weighted by Gasteiger charge is -2.09. The molecule has 2 rings (SSSR count). The molecular weight excluding hydrogens is 260 g/mol. The van der Waals surface area contributed by atoms with Gasteiger partial charge in [0, 0.05) is 11.3 Å². The quantitative estimate of drug-likeness (QED) is 0.844. The summed E-state index contributed by atoms with van der Waals surface area (Å²) in [5.41, 5.74) is 8.41. The van der Waals surface area contributed by atoms with Crippen molar-refractivity contribution in [3.63, 3.8) is 0 Å². The summed E-state index contributed by atoms with van der Waals surface area (Å²) >= 11 is 4.93. The van der Waals surface area contributed by atoms with Crippen molar-refractivity contribution in [2.75, 3.05) is 5.32 Å². The minimum absolute atomic E-state index is 0.222. The number of hydrogen-bond donors (Lipinski definition) is 2. The van der Waals surface area contributed by atoms with E-state index in [2.05, 4.69) is 5.32 Å². The van der Waals surface area contributed by atoms with Gasteiger partial charge in [-0.1, -0.05) is 24.4 Å². The number of benzene rings is 1. The Kier molecular flexibility index (Phi) is 3.66. The van der Waals surface area contributed by atoms with E-state index in [1.165, 1.54) is 6.26 Å². The predicted molar refractivity (Wildman–Crippen MR) is 78.5 cm³/mol. The van der Waals surface area contributed by atoms with Gasteiger partial charge in [-0.05, 0) is 31.5 Å². The molecule has 0 saturated carbocycles. The minimum atomic E-state index is -0.222. The largest absolute Gasteiger partial charge is 0.469 e. The second-order valence-electron chi connectivity index (χ2n) is 4.29. The van der Waals surface area contributed by atoms with Crippen LogP contribution in [-0.4, -0.2) is 10.9 Å². The fourth-order valence-electron chi connectivity index (χ4n) is 1.67. The van der Waals surface area contributed by atoms with Crippen LogP contribution in [0.1, 0.15) is 27.2 Å². The van der Waals surface area contributed by atoms with Gasteiger partial charge in [-0.3, -0.25) is 4.79 Å². The third kappa shape index (κ3) is 3.00. The SMILES string of the molecule is Cc1cc(C(=O)Nc2cc(C(N)=S)ccc2C)co1. The molecule has 98 valence electrons. The monoisotopic (exact) mass is 274 g/mol. The standard InChI is InChI=1S/C14H14N2O2S/c1-8-3-4-10(13(15)19)6-12(8)16-14(17)11-5-9(2)18-7-11/h3-7H,1-2H3,(H2,15,19)(H,16,17). The van der Waals surface area contributed by atoms with Crippen LogP contribution in [0.2, 0.25) is 0 Å². The van der Waals surface area contributed by atoms with E-state index in [-0.39, 0.29) is 5.91 Å². The number of hydrogen-bond acceptors (Lipinski definition) is 3. The van der Waals surface area contributed by atoms with Crippen LogP contribution in [0.4, 0.5) is 5.69 Å². The fraction of sp³-hybridized carbons (Fsp3) is 0.143. The number of carbonyl (C=O) groups is 1. The molecule has 0 atom stereocenters. The Labute approximate surface area is 116 Å². The summed E-state index contributed by atoms with van der Waals surface area (Å²) in [5.74, 6) is 0.471. The molecule has 1 aromatic carbocycles. The van der Waals surface area contributed by atoms with Gasteiger partial charge in [0.2, 0.25) is 0 Å². The summed E-state index contributed by atoms with van der Waals surface area (Å²) in [7, 11) is 0. The Morgan fingerprint density at radius 3 is 2.58 bits per heavy atom. The van der Waals surface area contributed by atoms with E-state index in [0.29, 0.717) is 22.0 Å². The zero-order chi connectivity index (χ0) is 14.0. The molecule has 0 aliphatic carbocycles. The first-order valence-corrected chi connectivity index (χ1v) is 6.15. The van der Waals surface area contributed by atoms with Gasteiger partial charge in [0.1, 0.15) is 17.0 Å². The van der Waals surface area contributed by atoms with Crippen molar-refractivity contribution in [1.82, 2.24) is 0 Å². The Morgan fingerprint density at radius 2 is 2.00 bits per heavy atom. The maximum atomic E-state index is 12.0. The lowest BCUT2D eigenvalue weighted by molar-refractivity contribution is 0.102. The lowest BCUT2D eigenvalue weighted by atomic mass is 10.1. The predicted octanol–water partition coefficient (Wildman–Crippen LogP) is 2.78. The van der Waals surface area contributed by atoms with E-state index < -0.39 is 0 Å². The summed E-state index contributed by atoms with van der Waals surface area (Å²) in [6.07, 6.45) is 1.43. The van der Waals surface area contributed by atoms with E-state index in [0.717, 1.165) is 11.1 Å². The summed E-state index contributed by atoms with van der Waals surface area (Å²) in [6.45, 7) is 3.69. The van der Waals surface area contributed by atoms with Gasteiger partial charge in [0.05, 0.1) is 5.56 Å². The number of thiocarbonyl (C=S) groups is 1. The number of furan rings is 1. The number of amides is 1. The Balaban J connectivity index is 2.25. The van der Waals surface area contributed by atoms with Crippen molar-refractivity contribution in [2.24, 2.45) is 5.73 Å². The first kappa shape index (κ1) is 13.3. The highest BCUT2D eigenvalue weighted by Gasteiger charge is 2.11. The Hall–Kier alpha value is -2.14. The van der Waals surface area contributed by atoms with Crippen molar-refractivity contribution >= 4 is 28.8 Å². The van der Waals surface area contributed by atoms with Gasteiger partial charge in [0.15, 0.2) is 0 Å². The minimum Gasteiger partial charge on any atom is -0.469 e. The fourth-order valence-corrected chi connectivity index (χ4v) is 1.79. The molecule has 3 N–H and O–H groups in total. The Morgan fingerprint density at radius 1 is 1.26 bits per heavy atom. The molecule has 0 spiro atoms. The van der Waals surface area contributed by atoms with E-state index in [1.54, 1.807) is 19.1 Å². The normalized spacial score (nSPS) is 10.2. The van der Waals surface area contributed by atoms with Crippen molar-refractivity contribution in [3.05, 3.63) is 53.0 Å². The second kappa shape index (κ2) is 5.24. The smallest absolute Gasteiger partial charge is 0.258 e. The van der Waals surface area contributed by atoms with Gasteiger partial charge < -0.3 is 15.5 Å². The molecule has 0 aliphatic rings. The topological polar surface area (TPSA) is 68.3 Å². The van der Waals surface area contributed by atoms with E-state index in [1.807, 2.05) is 19.1 Å². The number of nitrogens with one attached hydrogen (secondary N) is 1. The first-order chi connectivity index (χ1) is 8.97. The van der Waals surface area contributed by atoms with Crippen LogP contribution in [0.3, 0.4) is 0 Å².